The Labute approximate surface area is 145 Å². The minimum absolute atomic E-state index is 0.0423. The van der Waals surface area contributed by atoms with Crippen molar-refractivity contribution in [2.75, 3.05) is 0 Å². The molecule has 0 spiro atoms. The van der Waals surface area contributed by atoms with E-state index in [4.69, 9.17) is 0 Å². The molecular weight excluding hydrogens is 316 g/mol. The molecule has 7 nitrogen and oxygen atoms in total. The third-order valence-corrected chi connectivity index (χ3v) is 5.64. The Hall–Kier alpha value is -2.70. The van der Waals surface area contributed by atoms with E-state index in [1.807, 2.05) is 38.2 Å². The van der Waals surface area contributed by atoms with Gasteiger partial charge in [-0.25, -0.2) is 0 Å². The third kappa shape index (κ3) is 2.04. The number of hydrogen-bond donors (Lipinski definition) is 0. The van der Waals surface area contributed by atoms with Gasteiger partial charge in [-0.2, -0.15) is 5.10 Å². The number of carbonyl (C=O) groups excluding carboxylic acids is 1. The van der Waals surface area contributed by atoms with Gasteiger partial charge in [0.2, 0.25) is 0 Å². The van der Waals surface area contributed by atoms with Crippen molar-refractivity contribution >= 4 is 16.8 Å². The Bertz CT molecular complexity index is 987. The SMILES string of the molecule is Cc1nnc2n1CC1CCC(C2)N1C(=O)c1nn(C)c2ccccc12. The quantitative estimate of drug-likeness (QED) is 0.678. The van der Waals surface area contributed by atoms with Crippen LogP contribution in [0.1, 0.15) is 35.0 Å². The third-order valence-electron chi connectivity index (χ3n) is 5.64. The predicted octanol–water partition coefficient (Wildman–Crippen LogP) is 1.70. The molecule has 2 aliphatic heterocycles. The molecule has 0 aliphatic carbocycles. The lowest BCUT2D eigenvalue weighted by Gasteiger charge is -2.27. The van der Waals surface area contributed by atoms with Crippen LogP contribution >= 0.6 is 0 Å². The fourth-order valence-corrected chi connectivity index (χ4v) is 4.40. The summed E-state index contributed by atoms with van der Waals surface area (Å²) in [5, 5.41) is 14.0. The van der Waals surface area contributed by atoms with E-state index >= 15 is 0 Å². The number of rotatable bonds is 1. The molecule has 0 radical (unpaired) electrons. The van der Waals surface area contributed by atoms with E-state index < -0.39 is 0 Å². The molecule has 0 N–H and O–H groups in total. The lowest BCUT2D eigenvalue weighted by Crippen LogP contribution is -2.42. The normalized spacial score (nSPS) is 22.2. The average Bonchev–Trinajstić information content (AvgIpc) is 3.22. The van der Waals surface area contributed by atoms with Crippen LogP contribution < -0.4 is 0 Å². The molecule has 128 valence electrons. The second-order valence-electron chi connectivity index (χ2n) is 7.06. The Morgan fingerprint density at radius 2 is 1.96 bits per heavy atom. The molecule has 2 atom stereocenters. The lowest BCUT2D eigenvalue weighted by atomic mass is 10.1. The van der Waals surface area contributed by atoms with Crippen molar-refractivity contribution in [2.24, 2.45) is 7.05 Å². The van der Waals surface area contributed by atoms with Crippen LogP contribution in [0.5, 0.6) is 0 Å². The molecule has 25 heavy (non-hydrogen) atoms. The van der Waals surface area contributed by atoms with Gasteiger partial charge in [0, 0.05) is 31.4 Å². The lowest BCUT2D eigenvalue weighted by molar-refractivity contribution is 0.0660. The highest BCUT2D eigenvalue weighted by Gasteiger charge is 2.42. The van der Waals surface area contributed by atoms with Crippen molar-refractivity contribution in [2.45, 2.75) is 44.8 Å². The summed E-state index contributed by atoms with van der Waals surface area (Å²) in [6.07, 6.45) is 2.82. The minimum Gasteiger partial charge on any atom is -0.329 e. The molecule has 2 aromatic heterocycles. The Morgan fingerprint density at radius 1 is 1.16 bits per heavy atom. The first-order valence-corrected chi connectivity index (χ1v) is 8.76. The molecule has 1 saturated heterocycles. The van der Waals surface area contributed by atoms with Gasteiger partial charge in [-0.1, -0.05) is 18.2 Å². The molecule has 2 bridgehead atoms. The zero-order valence-electron chi connectivity index (χ0n) is 14.4. The number of aromatic nitrogens is 5. The van der Waals surface area contributed by atoms with E-state index in [1.165, 1.54) is 0 Å². The summed E-state index contributed by atoms with van der Waals surface area (Å²) in [5.74, 6) is 1.97. The summed E-state index contributed by atoms with van der Waals surface area (Å²) in [7, 11) is 1.89. The van der Waals surface area contributed by atoms with E-state index in [9.17, 15) is 4.79 Å². The topological polar surface area (TPSA) is 68.8 Å². The largest absolute Gasteiger partial charge is 0.329 e. The van der Waals surface area contributed by atoms with E-state index in [1.54, 1.807) is 4.68 Å². The van der Waals surface area contributed by atoms with Crippen molar-refractivity contribution in [1.29, 1.82) is 0 Å². The van der Waals surface area contributed by atoms with Gasteiger partial charge in [-0.15, -0.1) is 10.2 Å². The highest BCUT2D eigenvalue weighted by Crippen LogP contribution is 2.33. The van der Waals surface area contributed by atoms with Crippen LogP contribution in [-0.4, -0.2) is 47.4 Å². The second kappa shape index (κ2) is 5.15. The highest BCUT2D eigenvalue weighted by molar-refractivity contribution is 6.05. The molecule has 2 aliphatic rings. The molecule has 4 heterocycles. The maximum atomic E-state index is 13.4. The van der Waals surface area contributed by atoms with Crippen LogP contribution in [0, 0.1) is 6.92 Å². The first-order valence-electron chi connectivity index (χ1n) is 8.76. The molecule has 1 fully saturated rings. The van der Waals surface area contributed by atoms with Gasteiger partial charge in [0.1, 0.15) is 11.6 Å². The van der Waals surface area contributed by atoms with Crippen molar-refractivity contribution in [3.8, 4) is 0 Å². The Kier molecular flexibility index (Phi) is 3.01. The van der Waals surface area contributed by atoms with Crippen LogP contribution in [0.4, 0.5) is 0 Å². The number of hydrogen-bond acceptors (Lipinski definition) is 4. The van der Waals surface area contributed by atoms with Gasteiger partial charge < -0.3 is 9.47 Å². The number of aryl methyl sites for hydroxylation is 2. The zero-order valence-corrected chi connectivity index (χ0v) is 14.4. The molecule has 3 aromatic rings. The van der Waals surface area contributed by atoms with Crippen molar-refractivity contribution in [1.82, 2.24) is 29.4 Å². The van der Waals surface area contributed by atoms with Crippen molar-refractivity contribution in [3.63, 3.8) is 0 Å². The maximum Gasteiger partial charge on any atom is 0.275 e. The zero-order chi connectivity index (χ0) is 17.1. The van der Waals surface area contributed by atoms with Gasteiger partial charge in [0.25, 0.3) is 5.91 Å². The molecule has 0 saturated carbocycles. The first kappa shape index (κ1) is 14.6. The maximum absolute atomic E-state index is 13.4. The van der Waals surface area contributed by atoms with Gasteiger partial charge in [0.05, 0.1) is 11.6 Å². The van der Waals surface area contributed by atoms with E-state index in [-0.39, 0.29) is 18.0 Å². The fraction of sp³-hybridized carbons (Fsp3) is 0.444. The number of benzene rings is 1. The van der Waals surface area contributed by atoms with Gasteiger partial charge in [-0.05, 0) is 25.8 Å². The molecular formula is C18H20N6O. The summed E-state index contributed by atoms with van der Waals surface area (Å²) in [6.45, 7) is 2.76. The van der Waals surface area contributed by atoms with Crippen LogP contribution in [0.25, 0.3) is 10.9 Å². The molecule has 1 amide bonds. The monoisotopic (exact) mass is 336 g/mol. The summed E-state index contributed by atoms with van der Waals surface area (Å²) in [6, 6.07) is 8.29. The fourth-order valence-electron chi connectivity index (χ4n) is 4.40. The van der Waals surface area contributed by atoms with Crippen LogP contribution in [0.3, 0.4) is 0 Å². The molecule has 1 aromatic carbocycles. The summed E-state index contributed by atoms with van der Waals surface area (Å²) < 4.78 is 3.96. The summed E-state index contributed by atoms with van der Waals surface area (Å²) >= 11 is 0. The van der Waals surface area contributed by atoms with Crippen molar-refractivity contribution < 1.29 is 4.79 Å². The molecule has 7 heteroatoms. The average molecular weight is 336 g/mol. The number of carbonyl (C=O) groups is 1. The van der Waals surface area contributed by atoms with E-state index in [0.717, 1.165) is 48.4 Å². The highest BCUT2D eigenvalue weighted by atomic mass is 16.2. The minimum atomic E-state index is 0.0423. The second-order valence-corrected chi connectivity index (χ2v) is 7.06. The van der Waals surface area contributed by atoms with Crippen LogP contribution in [0.15, 0.2) is 24.3 Å². The predicted molar refractivity (Wildman–Crippen MR) is 92.2 cm³/mol. The van der Waals surface area contributed by atoms with E-state index in [0.29, 0.717) is 5.69 Å². The summed E-state index contributed by atoms with van der Waals surface area (Å²) in [4.78, 5) is 15.5. The number of para-hydroxylation sites is 1. The number of fused-ring (bicyclic) bond motifs is 4. The number of nitrogens with zero attached hydrogens (tertiary/aromatic N) is 6. The Balaban J connectivity index is 1.56. The smallest absolute Gasteiger partial charge is 0.275 e. The molecule has 2 unspecified atom stereocenters. The molecule has 5 rings (SSSR count). The Morgan fingerprint density at radius 3 is 2.84 bits per heavy atom. The standard InChI is InChI=1S/C18H20N6O/c1-11-19-20-16-9-12-7-8-13(10-23(11)16)24(12)18(25)17-14-5-3-4-6-15(14)22(2)21-17/h3-6,12-13H,7-10H2,1-2H3. The first-order chi connectivity index (χ1) is 12.1. The van der Waals surface area contributed by atoms with Crippen molar-refractivity contribution in [3.05, 3.63) is 41.6 Å². The van der Waals surface area contributed by atoms with Crippen LogP contribution in [-0.2, 0) is 20.0 Å². The van der Waals surface area contributed by atoms with E-state index in [2.05, 4.69) is 24.8 Å². The number of amides is 1. The van der Waals surface area contributed by atoms with Gasteiger partial charge in [0.15, 0.2) is 5.69 Å². The van der Waals surface area contributed by atoms with Gasteiger partial charge >= 0.3 is 0 Å². The van der Waals surface area contributed by atoms with Crippen LogP contribution in [0.2, 0.25) is 0 Å². The van der Waals surface area contributed by atoms with Gasteiger partial charge in [-0.3, -0.25) is 9.48 Å². The summed E-state index contributed by atoms with van der Waals surface area (Å²) in [5.41, 5.74) is 1.55.